The van der Waals surface area contributed by atoms with E-state index in [-0.39, 0.29) is 0 Å². The highest BCUT2D eigenvalue weighted by Crippen LogP contribution is 2.18. The van der Waals surface area contributed by atoms with Gasteiger partial charge in [0.05, 0.1) is 22.7 Å². The molecule has 10 heteroatoms. The van der Waals surface area contributed by atoms with E-state index in [0.29, 0.717) is 22.7 Å². The van der Waals surface area contributed by atoms with Gasteiger partial charge >= 0.3 is 0 Å². The van der Waals surface area contributed by atoms with Gasteiger partial charge in [-0.1, -0.05) is 30.3 Å². The number of anilines is 10. The van der Waals surface area contributed by atoms with Crippen LogP contribution < -0.4 is 57.3 Å². The van der Waals surface area contributed by atoms with Crippen molar-refractivity contribution in [2.24, 2.45) is 0 Å². The number of rotatable bonds is 0. The summed E-state index contributed by atoms with van der Waals surface area (Å²) < 4.78 is 0. The van der Waals surface area contributed by atoms with Gasteiger partial charge in [0.15, 0.2) is 0 Å². The number of nitrogen functional groups attached to an aromatic ring is 10. The largest absolute Gasteiger partial charge is 0.399 e. The van der Waals surface area contributed by atoms with Crippen molar-refractivity contribution in [2.75, 3.05) is 57.3 Å². The van der Waals surface area contributed by atoms with Crippen LogP contribution >= 0.6 is 0 Å². The normalized spacial score (nSPS) is 9.44. The molecule has 20 N–H and O–H groups in total. The van der Waals surface area contributed by atoms with E-state index in [9.17, 15) is 0 Å². The van der Waals surface area contributed by atoms with Crippen LogP contribution in [0, 0.1) is 34.6 Å². The molecule has 0 unspecified atom stereocenters. The number of nitrogens with two attached hydrogens (primary N) is 10. The molecule has 0 fully saturated rings. The minimum Gasteiger partial charge on any atom is -0.399 e. The average molecular weight is 611 g/mol. The summed E-state index contributed by atoms with van der Waals surface area (Å²) in [5.74, 6) is 0. The zero-order chi connectivity index (χ0) is 34.3. The van der Waals surface area contributed by atoms with Gasteiger partial charge in [0.1, 0.15) is 0 Å². The molecule has 0 saturated heterocycles. The van der Waals surface area contributed by atoms with Gasteiger partial charge in [-0.15, -0.1) is 0 Å². The third-order valence-electron chi connectivity index (χ3n) is 6.61. The van der Waals surface area contributed by atoms with Crippen molar-refractivity contribution in [2.45, 2.75) is 34.6 Å². The summed E-state index contributed by atoms with van der Waals surface area (Å²) >= 11 is 0. The van der Waals surface area contributed by atoms with Crippen LogP contribution in [0.5, 0.6) is 0 Å². The van der Waals surface area contributed by atoms with Crippen LogP contribution in [0.3, 0.4) is 0 Å². The third kappa shape index (κ3) is 13.3. The van der Waals surface area contributed by atoms with Gasteiger partial charge < -0.3 is 57.3 Å². The molecule has 0 aliphatic rings. The summed E-state index contributed by atoms with van der Waals surface area (Å²) in [5, 5.41) is 0. The average Bonchev–Trinajstić information content (AvgIpc) is 2.98. The molecule has 0 radical (unpaired) electrons. The molecule has 5 aromatic rings. The van der Waals surface area contributed by atoms with Gasteiger partial charge in [-0.05, 0) is 123 Å². The number of hydrogen-bond donors (Lipinski definition) is 10. The first-order chi connectivity index (χ1) is 21.0. The molecule has 0 aliphatic heterocycles. The molecule has 0 aromatic heterocycles. The Morgan fingerprint density at radius 3 is 1.27 bits per heavy atom. The summed E-state index contributed by atoms with van der Waals surface area (Å²) in [6.07, 6.45) is 0. The molecule has 0 heterocycles. The lowest BCUT2D eigenvalue weighted by Crippen LogP contribution is -1.95. The fourth-order valence-corrected chi connectivity index (χ4v) is 3.43. The summed E-state index contributed by atoms with van der Waals surface area (Å²) in [6, 6.07) is 27.7. The lowest BCUT2D eigenvalue weighted by molar-refractivity contribution is 1.47. The minimum atomic E-state index is 0.653. The van der Waals surface area contributed by atoms with E-state index in [2.05, 4.69) is 0 Å². The van der Waals surface area contributed by atoms with E-state index in [1.165, 1.54) is 0 Å². The van der Waals surface area contributed by atoms with E-state index in [1.54, 1.807) is 18.2 Å². The van der Waals surface area contributed by atoms with Gasteiger partial charge in [-0.25, -0.2) is 0 Å². The molecule has 0 aliphatic carbocycles. The van der Waals surface area contributed by atoms with Crippen LogP contribution in [0.15, 0.2) is 91.0 Å². The van der Waals surface area contributed by atoms with Gasteiger partial charge in [-0.3, -0.25) is 0 Å². The molecule has 45 heavy (non-hydrogen) atoms. The van der Waals surface area contributed by atoms with Crippen molar-refractivity contribution in [1.82, 2.24) is 0 Å². The van der Waals surface area contributed by atoms with E-state index in [4.69, 9.17) is 57.3 Å². The van der Waals surface area contributed by atoms with Gasteiger partial charge in [0.25, 0.3) is 0 Å². The van der Waals surface area contributed by atoms with E-state index in [1.807, 2.05) is 107 Å². The lowest BCUT2D eigenvalue weighted by Gasteiger charge is -2.00. The number of aryl methyl sites for hydroxylation is 4. The van der Waals surface area contributed by atoms with Crippen molar-refractivity contribution in [3.05, 3.63) is 119 Å². The Bertz CT molecular complexity index is 1460. The van der Waals surface area contributed by atoms with Crippen molar-refractivity contribution >= 4 is 56.9 Å². The van der Waals surface area contributed by atoms with Gasteiger partial charge in [0.2, 0.25) is 0 Å². The second-order valence-electron chi connectivity index (χ2n) is 10.5. The maximum atomic E-state index is 5.56. The number of hydrogen-bond acceptors (Lipinski definition) is 10. The molecular weight excluding hydrogens is 560 g/mol. The molecule has 5 rings (SSSR count). The summed E-state index contributed by atoms with van der Waals surface area (Å²) in [4.78, 5) is 0. The molecule has 10 nitrogen and oxygen atoms in total. The Balaban J connectivity index is 0.000000281. The van der Waals surface area contributed by atoms with E-state index >= 15 is 0 Å². The van der Waals surface area contributed by atoms with Crippen LogP contribution in [0.2, 0.25) is 0 Å². The van der Waals surface area contributed by atoms with Crippen molar-refractivity contribution in [1.29, 1.82) is 0 Å². The maximum Gasteiger partial charge on any atom is 0.0577 e. The molecular formula is C35H50N10. The standard InChI is InChI=1S/5C7H10N2/c1-5-4-6(8)2-3-7(5)9;1-5-2-3-6(8)4-7(5)9;1-5-2-3-6(8)7(9)4-5;1-5-6(8)3-2-4-7(5)9;1-5-3-2-4-6(8)7(5)9/h5*2-4H,8-9H2,1H3. The summed E-state index contributed by atoms with van der Waals surface area (Å²) in [7, 11) is 0. The first-order valence-electron chi connectivity index (χ1n) is 14.1. The van der Waals surface area contributed by atoms with Crippen LogP contribution in [0.4, 0.5) is 56.9 Å². The SMILES string of the molecule is Cc1c(N)cccc1N.Cc1cc(N)ccc1N.Cc1ccc(N)c(N)c1.Cc1ccc(N)cc1N.Cc1cccc(N)c1N. The van der Waals surface area contributed by atoms with Crippen LogP contribution in [-0.4, -0.2) is 0 Å². The predicted molar refractivity (Wildman–Crippen MR) is 200 cm³/mol. The Morgan fingerprint density at radius 1 is 0.333 bits per heavy atom. The van der Waals surface area contributed by atoms with E-state index < -0.39 is 0 Å². The third-order valence-corrected chi connectivity index (χ3v) is 6.61. The van der Waals surface area contributed by atoms with Gasteiger partial charge in [-0.2, -0.15) is 0 Å². The summed E-state index contributed by atoms with van der Waals surface area (Å²) in [5.41, 5.74) is 67.6. The zero-order valence-electron chi connectivity index (χ0n) is 26.9. The highest BCUT2D eigenvalue weighted by atomic mass is 14.7. The Hall–Kier alpha value is -5.90. The predicted octanol–water partition coefficient (Wildman–Crippen LogP) is 5.80. The van der Waals surface area contributed by atoms with E-state index in [0.717, 1.165) is 61.9 Å². The molecule has 240 valence electrons. The highest BCUT2D eigenvalue weighted by molar-refractivity contribution is 5.66. The quantitative estimate of drug-likeness (QED) is 0.0942. The second kappa shape index (κ2) is 17.9. The molecule has 5 aromatic carbocycles. The number of para-hydroxylation sites is 1. The lowest BCUT2D eigenvalue weighted by atomic mass is 10.2. The number of benzene rings is 5. The first kappa shape index (κ1) is 37.1. The smallest absolute Gasteiger partial charge is 0.0577 e. The van der Waals surface area contributed by atoms with Crippen LogP contribution in [-0.2, 0) is 0 Å². The minimum absolute atomic E-state index is 0.653. The Labute approximate surface area is 267 Å². The zero-order valence-corrected chi connectivity index (χ0v) is 26.9. The summed E-state index contributed by atoms with van der Waals surface area (Å²) in [6.45, 7) is 9.71. The van der Waals surface area contributed by atoms with Gasteiger partial charge in [0, 0.05) is 34.1 Å². The molecule has 0 amide bonds. The molecule has 0 bridgehead atoms. The van der Waals surface area contributed by atoms with Crippen molar-refractivity contribution in [3.63, 3.8) is 0 Å². The fourth-order valence-electron chi connectivity index (χ4n) is 3.43. The molecule has 0 saturated carbocycles. The Kier molecular flexibility index (Phi) is 14.8. The van der Waals surface area contributed by atoms with Crippen molar-refractivity contribution in [3.8, 4) is 0 Å². The Morgan fingerprint density at radius 2 is 0.844 bits per heavy atom. The first-order valence-corrected chi connectivity index (χ1v) is 14.1. The monoisotopic (exact) mass is 610 g/mol. The maximum absolute atomic E-state index is 5.56. The molecule has 0 spiro atoms. The highest BCUT2D eigenvalue weighted by Gasteiger charge is 1.95. The molecule has 0 atom stereocenters. The van der Waals surface area contributed by atoms with Crippen LogP contribution in [0.25, 0.3) is 0 Å². The fraction of sp³-hybridized carbons (Fsp3) is 0.143. The topological polar surface area (TPSA) is 260 Å². The second-order valence-corrected chi connectivity index (χ2v) is 10.5. The van der Waals surface area contributed by atoms with Crippen molar-refractivity contribution < 1.29 is 0 Å². The van der Waals surface area contributed by atoms with Crippen LogP contribution in [0.1, 0.15) is 27.8 Å².